The Kier molecular flexibility index (Phi) is 4.58. The van der Waals surface area contributed by atoms with E-state index < -0.39 is 18.0 Å². The number of amides is 1. The summed E-state index contributed by atoms with van der Waals surface area (Å²) in [6.45, 7) is 2.05. The Balaban J connectivity index is 1.77. The molecule has 29 heavy (non-hydrogen) atoms. The molecule has 0 aliphatic heterocycles. The second kappa shape index (κ2) is 6.96. The van der Waals surface area contributed by atoms with Gasteiger partial charge in [0.25, 0.3) is 0 Å². The Morgan fingerprint density at radius 3 is 2.79 bits per heavy atom. The van der Waals surface area contributed by atoms with Crippen LogP contribution < -0.4 is 15.8 Å². The number of nitrogens with two attached hydrogens (primary N) is 1. The first kappa shape index (κ1) is 19.1. The zero-order valence-electron chi connectivity index (χ0n) is 15.1. The number of H-pyrrole nitrogens is 1. The molecule has 0 aliphatic rings. The highest BCUT2D eigenvalue weighted by atomic mass is 32.1. The van der Waals surface area contributed by atoms with Gasteiger partial charge in [-0.05, 0) is 36.2 Å². The molecule has 2 heterocycles. The monoisotopic (exact) mass is 420 g/mol. The first-order chi connectivity index (χ1) is 13.7. The number of carbonyl (C=O) groups excluding carboxylic acids is 1. The van der Waals surface area contributed by atoms with Crippen molar-refractivity contribution in [2.24, 2.45) is 5.73 Å². The van der Waals surface area contributed by atoms with Crippen LogP contribution in [0.1, 0.15) is 22.8 Å². The molecule has 0 bridgehead atoms. The molecule has 10 heteroatoms. The number of alkyl halides is 3. The first-order valence-electron chi connectivity index (χ1n) is 8.61. The van der Waals surface area contributed by atoms with Gasteiger partial charge in [-0.15, -0.1) is 13.2 Å². The normalized spacial score (nSPS) is 11.9. The minimum absolute atomic E-state index is 0.0440. The Morgan fingerprint density at radius 1 is 1.31 bits per heavy atom. The van der Waals surface area contributed by atoms with Gasteiger partial charge in [0, 0.05) is 17.1 Å². The number of ether oxygens (including phenoxy) is 1. The number of nitrogens with zero attached hydrogens (tertiary/aromatic N) is 1. The summed E-state index contributed by atoms with van der Waals surface area (Å²) >= 11 is 1.27. The van der Waals surface area contributed by atoms with E-state index in [4.69, 9.17) is 5.73 Å². The Labute approximate surface area is 166 Å². The van der Waals surface area contributed by atoms with Gasteiger partial charge in [-0.1, -0.05) is 24.3 Å². The van der Waals surface area contributed by atoms with Crippen LogP contribution in [-0.2, 0) is 6.42 Å². The van der Waals surface area contributed by atoms with E-state index in [1.54, 1.807) is 0 Å². The van der Waals surface area contributed by atoms with E-state index in [0.29, 0.717) is 10.6 Å². The van der Waals surface area contributed by atoms with E-state index in [1.165, 1.54) is 23.5 Å². The first-order valence-corrected chi connectivity index (χ1v) is 9.43. The number of benzene rings is 2. The maximum Gasteiger partial charge on any atom is 0.573 e. The van der Waals surface area contributed by atoms with Crippen molar-refractivity contribution >= 4 is 49.2 Å². The van der Waals surface area contributed by atoms with Gasteiger partial charge in [0.15, 0.2) is 10.9 Å². The number of thiazole rings is 1. The summed E-state index contributed by atoms with van der Waals surface area (Å²) in [4.78, 5) is 19.2. The molecule has 150 valence electrons. The van der Waals surface area contributed by atoms with E-state index >= 15 is 0 Å². The standard InChI is InChI=1S/C19H15F3N4O2S/c1-2-9-8-24-15-11(9)4-6-14-16(15)26-18(29-14)25-12-7-10(17(23)27)3-5-13(12)28-19(20,21)22/h3-8,24H,2H2,1H3,(H2,23,27)(H,25,26). The number of primary amides is 1. The predicted molar refractivity (Wildman–Crippen MR) is 106 cm³/mol. The third kappa shape index (κ3) is 3.70. The van der Waals surface area contributed by atoms with Crippen molar-refractivity contribution < 1.29 is 22.7 Å². The van der Waals surface area contributed by atoms with Crippen LogP contribution in [0.3, 0.4) is 0 Å². The summed E-state index contributed by atoms with van der Waals surface area (Å²) in [6, 6.07) is 7.32. The minimum Gasteiger partial charge on any atom is -0.404 e. The lowest BCUT2D eigenvalue weighted by molar-refractivity contribution is -0.274. The van der Waals surface area contributed by atoms with Gasteiger partial charge in [-0.2, -0.15) is 0 Å². The van der Waals surface area contributed by atoms with E-state index in [2.05, 4.69) is 26.9 Å². The molecular weight excluding hydrogens is 405 g/mol. The van der Waals surface area contributed by atoms with Crippen molar-refractivity contribution in [2.45, 2.75) is 19.7 Å². The maximum absolute atomic E-state index is 12.7. The number of halogens is 3. The third-order valence-corrected chi connectivity index (χ3v) is 5.35. The highest BCUT2D eigenvalue weighted by Gasteiger charge is 2.32. The molecule has 0 atom stereocenters. The lowest BCUT2D eigenvalue weighted by Crippen LogP contribution is -2.18. The summed E-state index contributed by atoms with van der Waals surface area (Å²) in [5.74, 6) is -1.25. The van der Waals surface area contributed by atoms with E-state index in [9.17, 15) is 18.0 Å². The van der Waals surface area contributed by atoms with Crippen molar-refractivity contribution in [1.82, 2.24) is 9.97 Å². The molecule has 1 amide bonds. The number of rotatable bonds is 5. The van der Waals surface area contributed by atoms with Crippen molar-refractivity contribution in [2.75, 3.05) is 5.32 Å². The maximum atomic E-state index is 12.7. The summed E-state index contributed by atoms with van der Waals surface area (Å²) in [5, 5.41) is 4.23. The van der Waals surface area contributed by atoms with Gasteiger partial charge in [0.05, 0.1) is 15.9 Å². The molecule has 0 aliphatic carbocycles. The summed E-state index contributed by atoms with van der Waals surface area (Å²) < 4.78 is 43.1. The summed E-state index contributed by atoms with van der Waals surface area (Å²) in [5.41, 5.74) is 7.95. The molecule has 0 saturated carbocycles. The highest BCUT2D eigenvalue weighted by molar-refractivity contribution is 7.22. The topological polar surface area (TPSA) is 93.0 Å². The molecular formula is C19H15F3N4O2S. The minimum atomic E-state index is -4.88. The molecule has 4 N–H and O–H groups in total. The molecule has 4 rings (SSSR count). The number of anilines is 2. The fraction of sp³-hybridized carbons (Fsp3) is 0.158. The van der Waals surface area contributed by atoms with Crippen LogP contribution in [0.5, 0.6) is 5.75 Å². The predicted octanol–water partition coefficient (Wildman–Crippen LogP) is 5.08. The molecule has 2 aromatic heterocycles. The van der Waals surface area contributed by atoms with E-state index in [1.807, 2.05) is 18.3 Å². The van der Waals surface area contributed by atoms with Gasteiger partial charge < -0.3 is 20.8 Å². The van der Waals surface area contributed by atoms with Crippen molar-refractivity contribution in [3.05, 3.63) is 47.7 Å². The van der Waals surface area contributed by atoms with Gasteiger partial charge in [0.2, 0.25) is 5.91 Å². The number of hydrogen-bond acceptors (Lipinski definition) is 5. The molecule has 0 radical (unpaired) electrons. The Hall–Kier alpha value is -3.27. The van der Waals surface area contributed by atoms with Crippen molar-refractivity contribution in [3.8, 4) is 5.75 Å². The lowest BCUT2D eigenvalue weighted by Gasteiger charge is -2.14. The Morgan fingerprint density at radius 2 is 2.10 bits per heavy atom. The largest absolute Gasteiger partial charge is 0.573 e. The highest BCUT2D eigenvalue weighted by Crippen LogP contribution is 2.37. The van der Waals surface area contributed by atoms with Crippen LogP contribution >= 0.6 is 11.3 Å². The molecule has 2 aromatic carbocycles. The SMILES string of the molecule is CCc1c[nH]c2c1ccc1sc(Nc3cc(C(N)=O)ccc3OC(F)(F)F)nc12. The zero-order valence-corrected chi connectivity index (χ0v) is 15.9. The number of nitrogens with one attached hydrogen (secondary N) is 2. The number of aryl methyl sites for hydroxylation is 1. The van der Waals surface area contributed by atoms with Crippen LogP contribution in [0.2, 0.25) is 0 Å². The van der Waals surface area contributed by atoms with Crippen molar-refractivity contribution in [1.29, 1.82) is 0 Å². The van der Waals surface area contributed by atoms with Crippen LogP contribution in [0.15, 0.2) is 36.5 Å². The third-order valence-electron chi connectivity index (χ3n) is 4.41. The fourth-order valence-electron chi connectivity index (χ4n) is 3.10. The summed E-state index contributed by atoms with van der Waals surface area (Å²) in [7, 11) is 0. The lowest BCUT2D eigenvalue weighted by atomic mass is 10.1. The number of fused-ring (bicyclic) bond motifs is 3. The Bertz CT molecular complexity index is 1230. The van der Waals surface area contributed by atoms with Crippen LogP contribution in [0, 0.1) is 0 Å². The van der Waals surface area contributed by atoms with Crippen LogP contribution in [0.25, 0.3) is 21.1 Å². The van der Waals surface area contributed by atoms with Gasteiger partial charge in [0.1, 0.15) is 5.52 Å². The van der Waals surface area contributed by atoms with Crippen LogP contribution in [0.4, 0.5) is 24.0 Å². The van der Waals surface area contributed by atoms with E-state index in [-0.39, 0.29) is 11.3 Å². The van der Waals surface area contributed by atoms with Crippen molar-refractivity contribution in [3.63, 3.8) is 0 Å². The number of carbonyl (C=O) groups is 1. The second-order valence-corrected chi connectivity index (χ2v) is 7.30. The van der Waals surface area contributed by atoms with Gasteiger partial charge in [-0.3, -0.25) is 4.79 Å². The quantitative estimate of drug-likeness (QED) is 0.420. The summed E-state index contributed by atoms with van der Waals surface area (Å²) in [6.07, 6.45) is -2.10. The smallest absolute Gasteiger partial charge is 0.404 e. The average molecular weight is 420 g/mol. The number of hydrogen-bond donors (Lipinski definition) is 3. The molecule has 4 aromatic rings. The fourth-order valence-corrected chi connectivity index (χ4v) is 3.99. The van der Waals surface area contributed by atoms with Gasteiger partial charge in [-0.25, -0.2) is 4.98 Å². The molecule has 0 unspecified atom stereocenters. The van der Waals surface area contributed by atoms with Gasteiger partial charge >= 0.3 is 6.36 Å². The molecule has 6 nitrogen and oxygen atoms in total. The second-order valence-electron chi connectivity index (χ2n) is 6.27. The number of aromatic amines is 1. The average Bonchev–Trinajstić information content (AvgIpc) is 3.24. The van der Waals surface area contributed by atoms with Crippen LogP contribution in [-0.4, -0.2) is 22.2 Å². The molecule has 0 fully saturated rings. The molecule has 0 saturated heterocycles. The number of aromatic nitrogens is 2. The molecule has 0 spiro atoms. The van der Waals surface area contributed by atoms with E-state index in [0.717, 1.165) is 33.7 Å². The zero-order chi connectivity index (χ0) is 20.8.